The first-order chi connectivity index (χ1) is 22.3. The third-order valence-corrected chi connectivity index (χ3v) is 8.99. The summed E-state index contributed by atoms with van der Waals surface area (Å²) in [5.74, 6) is 0.286. The predicted octanol–water partition coefficient (Wildman–Crippen LogP) is 5.53. The number of rotatable bonds is 12. The summed E-state index contributed by atoms with van der Waals surface area (Å²) in [5, 5.41) is 15.8. The monoisotopic (exact) mass is 644 g/mol. The number of hydrogen-bond donors (Lipinski definition) is 3. The molecule has 11 heteroatoms. The number of aliphatic hydroxyl groups is 1. The van der Waals surface area contributed by atoms with Crippen molar-refractivity contribution in [2.75, 3.05) is 18.9 Å². The lowest BCUT2D eigenvalue weighted by Gasteiger charge is -2.41. The molecule has 3 aromatic carbocycles. The van der Waals surface area contributed by atoms with Gasteiger partial charge in [0, 0.05) is 43.2 Å². The van der Waals surface area contributed by atoms with E-state index < -0.39 is 18.3 Å². The van der Waals surface area contributed by atoms with Crippen molar-refractivity contribution in [3.8, 4) is 11.1 Å². The van der Waals surface area contributed by atoms with Gasteiger partial charge in [0.25, 0.3) is 0 Å². The number of ether oxygens (including phenoxy) is 3. The molecule has 1 fully saturated rings. The maximum Gasteiger partial charge on any atom is 0.325 e. The molecule has 10 nitrogen and oxygen atoms in total. The molecule has 242 valence electrons. The Morgan fingerprint density at radius 3 is 2.46 bits per heavy atom. The maximum absolute atomic E-state index is 12.2. The summed E-state index contributed by atoms with van der Waals surface area (Å²) >= 11 is 1.66. The van der Waals surface area contributed by atoms with Crippen molar-refractivity contribution in [2.45, 2.75) is 50.7 Å². The van der Waals surface area contributed by atoms with Crippen LogP contribution in [0.2, 0.25) is 0 Å². The van der Waals surface area contributed by atoms with Crippen LogP contribution in [0.5, 0.6) is 0 Å². The molecule has 4 aromatic rings. The van der Waals surface area contributed by atoms with Gasteiger partial charge in [-0.15, -0.1) is 0 Å². The Bertz CT molecular complexity index is 1610. The van der Waals surface area contributed by atoms with Gasteiger partial charge in [0.1, 0.15) is 6.54 Å². The van der Waals surface area contributed by atoms with Crippen molar-refractivity contribution in [1.82, 2.24) is 20.2 Å². The van der Waals surface area contributed by atoms with Crippen LogP contribution in [0.4, 0.5) is 4.79 Å². The highest BCUT2D eigenvalue weighted by Crippen LogP contribution is 2.43. The van der Waals surface area contributed by atoms with Crippen LogP contribution >= 0.6 is 11.8 Å². The number of carbonyl (C=O) groups excluding carboxylic acids is 2. The molecular weight excluding hydrogens is 604 g/mol. The Balaban J connectivity index is 1.32. The summed E-state index contributed by atoms with van der Waals surface area (Å²) in [7, 11) is 1.98. The molecule has 1 aliphatic heterocycles. The van der Waals surface area contributed by atoms with Gasteiger partial charge in [-0.05, 0) is 46.9 Å². The summed E-state index contributed by atoms with van der Waals surface area (Å²) in [5.41, 5.74) is 5.66. The Kier molecular flexibility index (Phi) is 11.5. The fourth-order valence-electron chi connectivity index (χ4n) is 5.29. The lowest BCUT2D eigenvalue weighted by molar-refractivity contribution is -0.268. The summed E-state index contributed by atoms with van der Waals surface area (Å²) in [6.45, 7) is 4.22. The number of amides is 2. The van der Waals surface area contributed by atoms with E-state index in [9.17, 15) is 14.7 Å². The van der Waals surface area contributed by atoms with Gasteiger partial charge in [-0.3, -0.25) is 4.79 Å². The van der Waals surface area contributed by atoms with E-state index >= 15 is 0 Å². The minimum absolute atomic E-state index is 0.0112. The van der Waals surface area contributed by atoms with Gasteiger partial charge in [0.15, 0.2) is 11.4 Å². The third-order valence-electron chi connectivity index (χ3n) is 7.85. The second-order valence-electron chi connectivity index (χ2n) is 11.1. The van der Waals surface area contributed by atoms with Gasteiger partial charge < -0.3 is 34.5 Å². The number of aromatic nitrogens is 2. The maximum atomic E-state index is 12.2. The Morgan fingerprint density at radius 1 is 0.978 bits per heavy atom. The second-order valence-corrected chi connectivity index (χ2v) is 12.1. The molecule has 2 amide bonds. The lowest BCUT2D eigenvalue weighted by Crippen LogP contribution is -2.38. The molecule has 46 heavy (non-hydrogen) atoms. The molecule has 2 heterocycles. The van der Waals surface area contributed by atoms with E-state index in [-0.39, 0.29) is 37.9 Å². The van der Waals surface area contributed by atoms with Crippen LogP contribution in [0.15, 0.2) is 90.3 Å². The van der Waals surface area contributed by atoms with Gasteiger partial charge in [-0.2, -0.15) is 0 Å². The molecule has 0 radical (unpaired) electrons. The molecule has 3 N–H and O–H groups in total. The van der Waals surface area contributed by atoms with Crippen LogP contribution < -0.4 is 10.6 Å². The topological polar surface area (TPSA) is 124 Å². The van der Waals surface area contributed by atoms with Crippen LogP contribution in [-0.2, 0) is 39.2 Å². The standard InChI is InChI=1S/C35H40N4O6S/c1-4-43-31(41)20-38-34(42)37-19-25-7-5-8-27(17-25)28-9-6-10-29(18-28)33-44-30(22-46-35-36-15-16-39(35)3)23(2)32(45-33)26-13-11-24(21-40)12-14-26/h5-18,23,30,32-33,40H,4,19-22H2,1-3H3,(H2,37,38,42)/t23-,30+,32+,33+/m0/s1. The van der Waals surface area contributed by atoms with E-state index in [2.05, 4.69) is 28.6 Å². The zero-order valence-corrected chi connectivity index (χ0v) is 27.0. The van der Waals surface area contributed by atoms with Crippen LogP contribution in [-0.4, -0.2) is 51.7 Å². The minimum Gasteiger partial charge on any atom is -0.465 e. The molecular formula is C35H40N4O6S. The third kappa shape index (κ3) is 8.55. The highest BCUT2D eigenvalue weighted by Gasteiger charge is 2.38. The first-order valence-electron chi connectivity index (χ1n) is 15.3. The molecule has 0 aliphatic carbocycles. The quantitative estimate of drug-likeness (QED) is 0.136. The molecule has 1 aromatic heterocycles. The zero-order valence-electron chi connectivity index (χ0n) is 26.2. The largest absolute Gasteiger partial charge is 0.465 e. The summed E-state index contributed by atoms with van der Waals surface area (Å²) in [6, 6.07) is 23.5. The summed E-state index contributed by atoms with van der Waals surface area (Å²) < 4.78 is 20.2. The number of imidazole rings is 1. The number of thioether (sulfide) groups is 1. The van der Waals surface area contributed by atoms with E-state index in [1.165, 1.54) is 0 Å². The van der Waals surface area contributed by atoms with Gasteiger partial charge in [-0.1, -0.05) is 79.3 Å². The van der Waals surface area contributed by atoms with Gasteiger partial charge in [0.2, 0.25) is 0 Å². The van der Waals surface area contributed by atoms with Crippen LogP contribution in [0.25, 0.3) is 11.1 Å². The van der Waals surface area contributed by atoms with Crippen molar-refractivity contribution in [3.63, 3.8) is 0 Å². The fraction of sp³-hybridized carbons (Fsp3) is 0.343. The minimum atomic E-state index is -0.599. The molecule has 0 saturated carbocycles. The van der Waals surface area contributed by atoms with Crippen LogP contribution in [0, 0.1) is 5.92 Å². The normalized spacial score (nSPS) is 19.4. The number of benzene rings is 3. The Labute approximate surface area is 273 Å². The average molecular weight is 645 g/mol. The number of nitrogens with one attached hydrogen (secondary N) is 2. The highest BCUT2D eigenvalue weighted by molar-refractivity contribution is 7.99. The fourth-order valence-corrected chi connectivity index (χ4v) is 6.39. The van der Waals surface area contributed by atoms with E-state index in [1.54, 1.807) is 24.9 Å². The molecule has 0 spiro atoms. The van der Waals surface area contributed by atoms with E-state index in [0.29, 0.717) is 12.3 Å². The predicted molar refractivity (Wildman–Crippen MR) is 176 cm³/mol. The SMILES string of the molecule is CCOC(=O)CNC(=O)NCc1cccc(-c2cccc([C@@H]3O[C@H](CSc4nccn4C)[C@H](C)[C@H](c4ccc(CO)cc4)O3)c2)c1. The smallest absolute Gasteiger partial charge is 0.325 e. The van der Waals surface area contributed by atoms with Gasteiger partial charge >= 0.3 is 12.0 Å². The first-order valence-corrected chi connectivity index (χ1v) is 16.3. The molecule has 0 unspecified atom stereocenters. The van der Waals surface area contributed by atoms with E-state index in [0.717, 1.165) is 38.5 Å². The molecule has 1 saturated heterocycles. The lowest BCUT2D eigenvalue weighted by atomic mass is 9.91. The number of aryl methyl sites for hydroxylation is 1. The summed E-state index contributed by atoms with van der Waals surface area (Å²) in [4.78, 5) is 28.1. The van der Waals surface area contributed by atoms with Crippen molar-refractivity contribution >= 4 is 23.8 Å². The van der Waals surface area contributed by atoms with Crippen molar-refractivity contribution < 1.29 is 28.9 Å². The Hall–Kier alpha value is -4.16. The zero-order chi connectivity index (χ0) is 32.5. The Morgan fingerprint density at radius 2 is 1.74 bits per heavy atom. The van der Waals surface area contributed by atoms with Gasteiger partial charge in [-0.25, -0.2) is 9.78 Å². The highest BCUT2D eigenvalue weighted by atomic mass is 32.2. The van der Waals surface area contributed by atoms with E-state index in [1.807, 2.05) is 84.5 Å². The van der Waals surface area contributed by atoms with Gasteiger partial charge in [0.05, 0.1) is 25.4 Å². The van der Waals surface area contributed by atoms with E-state index in [4.69, 9.17) is 14.2 Å². The van der Waals surface area contributed by atoms with Crippen molar-refractivity contribution in [2.24, 2.45) is 13.0 Å². The van der Waals surface area contributed by atoms with Crippen molar-refractivity contribution in [1.29, 1.82) is 0 Å². The molecule has 5 rings (SSSR count). The number of urea groups is 1. The second kappa shape index (κ2) is 15.9. The molecule has 4 atom stereocenters. The van der Waals surface area contributed by atoms with Crippen LogP contribution in [0.3, 0.4) is 0 Å². The van der Waals surface area contributed by atoms with Crippen molar-refractivity contribution in [3.05, 3.63) is 107 Å². The number of carbonyl (C=O) groups is 2. The number of nitrogens with zero attached hydrogens (tertiary/aromatic N) is 2. The average Bonchev–Trinajstić information content (AvgIpc) is 3.50. The number of hydrogen-bond acceptors (Lipinski definition) is 8. The van der Waals surface area contributed by atoms with Crippen LogP contribution in [0.1, 0.15) is 48.5 Å². The summed E-state index contributed by atoms with van der Waals surface area (Å²) in [6.07, 6.45) is 2.80. The number of aliphatic hydroxyl groups excluding tert-OH is 1. The molecule has 0 bridgehead atoms. The number of esters is 1. The first kappa shape index (κ1) is 33.2. The molecule has 1 aliphatic rings.